The number of hydrogen-bond donors (Lipinski definition) is 0. The van der Waals surface area contributed by atoms with E-state index in [4.69, 9.17) is 11.6 Å². The van der Waals surface area contributed by atoms with Crippen molar-refractivity contribution >= 4 is 23.6 Å². The molecule has 0 saturated carbocycles. The van der Waals surface area contributed by atoms with Gasteiger partial charge in [0.1, 0.15) is 0 Å². The normalized spacial score (nSPS) is 16.5. The molecular formula is C12H14ClNO. The SMILES string of the molecule is O=Cc1cccc(Cl)c1N1CCCCC1. The summed E-state index contributed by atoms with van der Waals surface area (Å²) in [7, 11) is 0. The number of nitrogens with zero attached hydrogens (tertiary/aromatic N) is 1. The number of piperidine rings is 1. The molecule has 1 saturated heterocycles. The van der Waals surface area contributed by atoms with E-state index in [0.717, 1.165) is 25.1 Å². The highest BCUT2D eigenvalue weighted by Gasteiger charge is 2.16. The van der Waals surface area contributed by atoms with E-state index in [9.17, 15) is 4.79 Å². The number of benzene rings is 1. The van der Waals surface area contributed by atoms with Crippen molar-refractivity contribution in [1.82, 2.24) is 0 Å². The van der Waals surface area contributed by atoms with Crippen LogP contribution < -0.4 is 4.90 Å². The smallest absolute Gasteiger partial charge is 0.152 e. The van der Waals surface area contributed by atoms with Gasteiger partial charge in [0.05, 0.1) is 10.7 Å². The van der Waals surface area contributed by atoms with E-state index in [1.807, 2.05) is 18.2 Å². The third-order valence-corrected chi connectivity index (χ3v) is 3.12. The molecule has 0 amide bonds. The van der Waals surface area contributed by atoms with Crippen LogP contribution in [0, 0.1) is 0 Å². The molecule has 2 rings (SSSR count). The lowest BCUT2D eigenvalue weighted by atomic mass is 10.1. The van der Waals surface area contributed by atoms with Crippen LogP contribution in [-0.2, 0) is 0 Å². The van der Waals surface area contributed by atoms with E-state index in [1.165, 1.54) is 19.3 Å². The lowest BCUT2D eigenvalue weighted by Gasteiger charge is -2.30. The summed E-state index contributed by atoms with van der Waals surface area (Å²) < 4.78 is 0. The van der Waals surface area contributed by atoms with Gasteiger partial charge in [0.25, 0.3) is 0 Å². The molecule has 1 heterocycles. The maximum Gasteiger partial charge on any atom is 0.152 e. The van der Waals surface area contributed by atoms with E-state index in [1.54, 1.807) is 0 Å². The van der Waals surface area contributed by atoms with Gasteiger partial charge >= 0.3 is 0 Å². The Morgan fingerprint density at radius 1 is 1.20 bits per heavy atom. The monoisotopic (exact) mass is 223 g/mol. The minimum absolute atomic E-state index is 0.682. The van der Waals surface area contributed by atoms with Gasteiger partial charge in [-0.3, -0.25) is 4.79 Å². The molecule has 0 aromatic heterocycles. The van der Waals surface area contributed by atoms with Crippen molar-refractivity contribution in [2.45, 2.75) is 19.3 Å². The average molecular weight is 224 g/mol. The van der Waals surface area contributed by atoms with Crippen LogP contribution in [0.15, 0.2) is 18.2 Å². The maximum atomic E-state index is 10.9. The minimum Gasteiger partial charge on any atom is -0.370 e. The highest BCUT2D eigenvalue weighted by molar-refractivity contribution is 6.33. The second kappa shape index (κ2) is 4.67. The molecule has 1 fully saturated rings. The molecule has 15 heavy (non-hydrogen) atoms. The van der Waals surface area contributed by atoms with Crippen molar-refractivity contribution < 1.29 is 4.79 Å². The fourth-order valence-electron chi connectivity index (χ4n) is 2.08. The minimum atomic E-state index is 0.682. The zero-order valence-electron chi connectivity index (χ0n) is 8.58. The topological polar surface area (TPSA) is 20.3 Å². The standard InChI is InChI=1S/C12H14ClNO/c13-11-6-4-5-10(9-15)12(11)14-7-2-1-3-8-14/h4-6,9H,1-3,7-8H2. The first-order valence-corrected chi connectivity index (χ1v) is 5.69. The van der Waals surface area contributed by atoms with E-state index >= 15 is 0 Å². The summed E-state index contributed by atoms with van der Waals surface area (Å²) in [5, 5.41) is 0.682. The number of para-hydroxylation sites is 1. The zero-order valence-corrected chi connectivity index (χ0v) is 9.33. The van der Waals surface area contributed by atoms with Crippen molar-refractivity contribution in [3.63, 3.8) is 0 Å². The van der Waals surface area contributed by atoms with Crippen LogP contribution in [0.3, 0.4) is 0 Å². The quantitative estimate of drug-likeness (QED) is 0.718. The Morgan fingerprint density at radius 2 is 1.93 bits per heavy atom. The summed E-state index contributed by atoms with van der Waals surface area (Å²) in [6.07, 6.45) is 4.53. The third-order valence-electron chi connectivity index (χ3n) is 2.82. The number of carbonyl (C=O) groups is 1. The first-order chi connectivity index (χ1) is 7.33. The second-order valence-corrected chi connectivity index (χ2v) is 4.25. The van der Waals surface area contributed by atoms with Gasteiger partial charge in [-0.2, -0.15) is 0 Å². The van der Waals surface area contributed by atoms with E-state index < -0.39 is 0 Å². The van der Waals surface area contributed by atoms with Gasteiger partial charge in [0, 0.05) is 18.7 Å². The van der Waals surface area contributed by atoms with E-state index in [2.05, 4.69) is 4.90 Å². The molecule has 1 aromatic carbocycles. The van der Waals surface area contributed by atoms with E-state index in [-0.39, 0.29) is 0 Å². The summed E-state index contributed by atoms with van der Waals surface area (Å²) in [5.41, 5.74) is 1.61. The molecule has 80 valence electrons. The van der Waals surface area contributed by atoms with Crippen LogP contribution in [0.2, 0.25) is 5.02 Å². The van der Waals surface area contributed by atoms with Gasteiger partial charge < -0.3 is 4.90 Å². The molecular weight excluding hydrogens is 210 g/mol. The Hall–Kier alpha value is -1.02. The summed E-state index contributed by atoms with van der Waals surface area (Å²) in [6.45, 7) is 2.01. The summed E-state index contributed by atoms with van der Waals surface area (Å²) in [5.74, 6) is 0. The number of aldehydes is 1. The zero-order chi connectivity index (χ0) is 10.7. The molecule has 1 aliphatic heterocycles. The second-order valence-electron chi connectivity index (χ2n) is 3.84. The molecule has 2 nitrogen and oxygen atoms in total. The van der Waals surface area contributed by atoms with Crippen molar-refractivity contribution in [1.29, 1.82) is 0 Å². The maximum absolute atomic E-state index is 10.9. The predicted molar refractivity (Wildman–Crippen MR) is 62.9 cm³/mol. The number of hydrogen-bond acceptors (Lipinski definition) is 2. The highest BCUT2D eigenvalue weighted by atomic mass is 35.5. The molecule has 0 bridgehead atoms. The molecule has 1 aromatic rings. The highest BCUT2D eigenvalue weighted by Crippen LogP contribution is 2.30. The molecule has 3 heteroatoms. The van der Waals surface area contributed by atoms with Gasteiger partial charge in [0.2, 0.25) is 0 Å². The Morgan fingerprint density at radius 3 is 2.60 bits per heavy atom. The first-order valence-electron chi connectivity index (χ1n) is 5.31. The van der Waals surface area contributed by atoms with Crippen molar-refractivity contribution in [2.24, 2.45) is 0 Å². The van der Waals surface area contributed by atoms with Crippen molar-refractivity contribution in [2.75, 3.05) is 18.0 Å². The van der Waals surface area contributed by atoms with Crippen LogP contribution in [0.1, 0.15) is 29.6 Å². The largest absolute Gasteiger partial charge is 0.370 e. The van der Waals surface area contributed by atoms with Gasteiger partial charge in [-0.25, -0.2) is 0 Å². The third kappa shape index (κ3) is 2.15. The van der Waals surface area contributed by atoms with Crippen LogP contribution in [0.4, 0.5) is 5.69 Å². The predicted octanol–water partition coefficient (Wildman–Crippen LogP) is 3.14. The fourth-order valence-corrected chi connectivity index (χ4v) is 2.38. The van der Waals surface area contributed by atoms with Crippen molar-refractivity contribution in [3.05, 3.63) is 28.8 Å². The Bertz CT molecular complexity index is 359. The number of carbonyl (C=O) groups excluding carboxylic acids is 1. The molecule has 0 N–H and O–H groups in total. The van der Waals surface area contributed by atoms with Crippen LogP contribution >= 0.6 is 11.6 Å². The van der Waals surface area contributed by atoms with Gasteiger partial charge in [0.15, 0.2) is 6.29 Å². The molecule has 1 aliphatic rings. The average Bonchev–Trinajstić information content (AvgIpc) is 2.29. The van der Waals surface area contributed by atoms with Crippen LogP contribution in [-0.4, -0.2) is 19.4 Å². The fraction of sp³-hybridized carbons (Fsp3) is 0.417. The van der Waals surface area contributed by atoms with Gasteiger partial charge in [-0.05, 0) is 31.4 Å². The summed E-state index contributed by atoms with van der Waals surface area (Å²) in [6, 6.07) is 5.49. The number of anilines is 1. The van der Waals surface area contributed by atoms with E-state index in [0.29, 0.717) is 10.6 Å². The lowest BCUT2D eigenvalue weighted by molar-refractivity contribution is 0.112. The number of halogens is 1. The van der Waals surface area contributed by atoms with Crippen LogP contribution in [0.5, 0.6) is 0 Å². The van der Waals surface area contributed by atoms with Crippen LogP contribution in [0.25, 0.3) is 0 Å². The Balaban J connectivity index is 2.35. The van der Waals surface area contributed by atoms with Gasteiger partial charge in [-0.15, -0.1) is 0 Å². The first kappa shape index (κ1) is 10.5. The summed E-state index contributed by atoms with van der Waals surface area (Å²) in [4.78, 5) is 13.2. The Labute approximate surface area is 94.8 Å². The van der Waals surface area contributed by atoms with Gasteiger partial charge in [-0.1, -0.05) is 17.7 Å². The molecule has 0 unspecified atom stereocenters. The van der Waals surface area contributed by atoms with Crippen molar-refractivity contribution in [3.8, 4) is 0 Å². The number of rotatable bonds is 2. The molecule has 0 spiro atoms. The summed E-state index contributed by atoms with van der Waals surface area (Å²) >= 11 is 6.14. The molecule has 0 aliphatic carbocycles. The Kier molecular flexibility index (Phi) is 3.27. The molecule has 0 radical (unpaired) electrons. The lowest BCUT2D eigenvalue weighted by Crippen LogP contribution is -2.30. The molecule has 0 atom stereocenters.